The Hall–Kier alpha value is -2.36. The molecule has 21 heavy (non-hydrogen) atoms. The van der Waals surface area contributed by atoms with Crippen molar-refractivity contribution in [3.8, 4) is 5.75 Å². The normalized spacial score (nSPS) is 10.1. The highest BCUT2D eigenvalue weighted by atomic mass is 16.5. The maximum Gasteiger partial charge on any atom is 0.257 e. The molecular formula is C17H20N2O2. The minimum absolute atomic E-state index is 0.0483. The third kappa shape index (κ3) is 5.65. The number of hydrogen-bond donors (Lipinski definition) is 1. The summed E-state index contributed by atoms with van der Waals surface area (Å²) >= 11 is 0. The second-order valence-electron chi connectivity index (χ2n) is 4.88. The molecule has 1 amide bonds. The maximum atomic E-state index is 11.6. The van der Waals surface area contributed by atoms with Gasteiger partial charge in [-0.1, -0.05) is 23.8 Å². The number of aromatic nitrogens is 1. The number of rotatable bonds is 7. The van der Waals surface area contributed by atoms with Crippen LogP contribution in [0.3, 0.4) is 0 Å². The summed E-state index contributed by atoms with van der Waals surface area (Å²) in [6.07, 6.45) is 3.51. The molecule has 0 spiro atoms. The number of amides is 1. The first kappa shape index (κ1) is 15.0. The van der Waals surface area contributed by atoms with Gasteiger partial charge in [-0.2, -0.15) is 0 Å². The van der Waals surface area contributed by atoms with Gasteiger partial charge in [-0.05, 0) is 44.0 Å². The SMILES string of the molecule is Cc1ccc(OCC(=O)NCCCc2ccccn2)cc1. The van der Waals surface area contributed by atoms with Crippen molar-refractivity contribution in [1.29, 1.82) is 0 Å². The number of nitrogens with one attached hydrogen (secondary N) is 1. The Morgan fingerprint density at radius 2 is 2.00 bits per heavy atom. The number of aryl methyl sites for hydroxylation is 2. The molecule has 0 saturated heterocycles. The van der Waals surface area contributed by atoms with Crippen molar-refractivity contribution >= 4 is 5.91 Å². The molecule has 1 aromatic heterocycles. The Morgan fingerprint density at radius 3 is 2.71 bits per heavy atom. The first-order valence-electron chi connectivity index (χ1n) is 7.10. The third-order valence-corrected chi connectivity index (χ3v) is 3.05. The molecule has 4 nitrogen and oxygen atoms in total. The van der Waals surface area contributed by atoms with Crippen molar-refractivity contribution in [3.63, 3.8) is 0 Å². The molecule has 2 aromatic rings. The Labute approximate surface area is 125 Å². The highest BCUT2D eigenvalue weighted by Crippen LogP contribution is 2.10. The van der Waals surface area contributed by atoms with Crippen LogP contribution in [0.25, 0.3) is 0 Å². The molecule has 0 saturated carbocycles. The molecule has 0 aliphatic heterocycles. The lowest BCUT2D eigenvalue weighted by atomic mass is 10.2. The van der Waals surface area contributed by atoms with Crippen molar-refractivity contribution < 1.29 is 9.53 Å². The first-order chi connectivity index (χ1) is 10.2. The highest BCUT2D eigenvalue weighted by Gasteiger charge is 2.02. The van der Waals surface area contributed by atoms with Crippen LogP contribution in [0.15, 0.2) is 48.7 Å². The van der Waals surface area contributed by atoms with E-state index < -0.39 is 0 Å². The zero-order chi connectivity index (χ0) is 14.9. The van der Waals surface area contributed by atoms with E-state index in [4.69, 9.17) is 4.74 Å². The minimum Gasteiger partial charge on any atom is -0.484 e. The van der Waals surface area contributed by atoms with Gasteiger partial charge in [-0.25, -0.2) is 0 Å². The van der Waals surface area contributed by atoms with E-state index >= 15 is 0 Å². The van der Waals surface area contributed by atoms with E-state index in [1.54, 1.807) is 6.20 Å². The average molecular weight is 284 g/mol. The van der Waals surface area contributed by atoms with Crippen LogP contribution < -0.4 is 10.1 Å². The predicted octanol–water partition coefficient (Wildman–Crippen LogP) is 2.52. The van der Waals surface area contributed by atoms with Gasteiger partial charge in [0.05, 0.1) is 0 Å². The number of benzene rings is 1. The van der Waals surface area contributed by atoms with Gasteiger partial charge in [0, 0.05) is 18.4 Å². The van der Waals surface area contributed by atoms with E-state index in [2.05, 4.69) is 10.3 Å². The molecule has 0 aliphatic rings. The zero-order valence-corrected chi connectivity index (χ0v) is 12.2. The molecule has 110 valence electrons. The molecule has 1 N–H and O–H groups in total. The van der Waals surface area contributed by atoms with Crippen LogP contribution in [0.2, 0.25) is 0 Å². The van der Waals surface area contributed by atoms with Gasteiger partial charge >= 0.3 is 0 Å². The molecule has 1 heterocycles. The van der Waals surface area contributed by atoms with Crippen LogP contribution in [-0.2, 0) is 11.2 Å². The van der Waals surface area contributed by atoms with Gasteiger partial charge in [0.2, 0.25) is 0 Å². The van der Waals surface area contributed by atoms with E-state index in [1.807, 2.05) is 49.4 Å². The summed E-state index contributed by atoms with van der Waals surface area (Å²) < 4.78 is 5.41. The van der Waals surface area contributed by atoms with Crippen LogP contribution in [-0.4, -0.2) is 24.0 Å². The van der Waals surface area contributed by atoms with Gasteiger partial charge in [0.15, 0.2) is 6.61 Å². The van der Waals surface area contributed by atoms with Gasteiger partial charge in [-0.3, -0.25) is 9.78 Å². The number of hydrogen-bond acceptors (Lipinski definition) is 3. The molecule has 1 aromatic carbocycles. The van der Waals surface area contributed by atoms with Crippen molar-refractivity contribution in [2.24, 2.45) is 0 Å². The number of nitrogens with zero attached hydrogens (tertiary/aromatic N) is 1. The molecule has 2 rings (SSSR count). The zero-order valence-electron chi connectivity index (χ0n) is 12.2. The second kappa shape index (κ2) is 8.04. The molecule has 4 heteroatoms. The molecular weight excluding hydrogens is 264 g/mol. The summed E-state index contributed by atoms with van der Waals surface area (Å²) in [5, 5.41) is 2.84. The fourth-order valence-corrected chi connectivity index (χ4v) is 1.88. The van der Waals surface area contributed by atoms with Crippen LogP contribution in [0.1, 0.15) is 17.7 Å². The molecule has 0 unspecified atom stereocenters. The Kier molecular flexibility index (Phi) is 5.76. The van der Waals surface area contributed by atoms with E-state index in [9.17, 15) is 4.79 Å². The number of ether oxygens (including phenoxy) is 1. The van der Waals surface area contributed by atoms with Gasteiger partial charge in [0.25, 0.3) is 5.91 Å². The van der Waals surface area contributed by atoms with Crippen molar-refractivity contribution in [2.45, 2.75) is 19.8 Å². The lowest BCUT2D eigenvalue weighted by Crippen LogP contribution is -2.29. The Morgan fingerprint density at radius 1 is 1.19 bits per heavy atom. The Balaban J connectivity index is 1.60. The van der Waals surface area contributed by atoms with Crippen LogP contribution >= 0.6 is 0 Å². The predicted molar refractivity (Wildman–Crippen MR) is 82.2 cm³/mol. The molecule has 0 bridgehead atoms. The number of carbonyl (C=O) groups is 1. The van der Waals surface area contributed by atoms with Crippen molar-refractivity contribution in [2.75, 3.05) is 13.2 Å². The van der Waals surface area contributed by atoms with E-state index in [0.29, 0.717) is 12.3 Å². The summed E-state index contributed by atoms with van der Waals surface area (Å²) in [6.45, 7) is 2.69. The van der Waals surface area contributed by atoms with Crippen LogP contribution in [0.5, 0.6) is 5.75 Å². The fourth-order valence-electron chi connectivity index (χ4n) is 1.88. The second-order valence-corrected chi connectivity index (χ2v) is 4.88. The van der Waals surface area contributed by atoms with Crippen LogP contribution in [0, 0.1) is 6.92 Å². The van der Waals surface area contributed by atoms with E-state index in [-0.39, 0.29) is 12.5 Å². The third-order valence-electron chi connectivity index (χ3n) is 3.05. The minimum atomic E-state index is -0.100. The molecule has 0 fully saturated rings. The molecule has 0 radical (unpaired) electrons. The average Bonchev–Trinajstić information content (AvgIpc) is 2.52. The quantitative estimate of drug-likeness (QED) is 0.795. The lowest BCUT2D eigenvalue weighted by Gasteiger charge is -2.07. The lowest BCUT2D eigenvalue weighted by molar-refractivity contribution is -0.123. The van der Waals surface area contributed by atoms with Crippen molar-refractivity contribution in [1.82, 2.24) is 10.3 Å². The van der Waals surface area contributed by atoms with Gasteiger partial charge in [-0.15, -0.1) is 0 Å². The summed E-state index contributed by atoms with van der Waals surface area (Å²) in [7, 11) is 0. The van der Waals surface area contributed by atoms with E-state index in [1.165, 1.54) is 5.56 Å². The molecule has 0 atom stereocenters. The smallest absolute Gasteiger partial charge is 0.257 e. The molecule has 0 aliphatic carbocycles. The highest BCUT2D eigenvalue weighted by molar-refractivity contribution is 5.77. The Bertz CT molecular complexity index is 553. The number of carbonyl (C=O) groups excluding carboxylic acids is 1. The van der Waals surface area contributed by atoms with Crippen molar-refractivity contribution in [3.05, 3.63) is 59.9 Å². The van der Waals surface area contributed by atoms with Crippen LogP contribution in [0.4, 0.5) is 0 Å². The monoisotopic (exact) mass is 284 g/mol. The first-order valence-corrected chi connectivity index (χ1v) is 7.10. The topological polar surface area (TPSA) is 51.2 Å². The van der Waals surface area contributed by atoms with E-state index in [0.717, 1.165) is 18.5 Å². The standard InChI is InChI=1S/C17H20N2O2/c1-14-7-9-16(10-8-14)21-13-17(20)19-12-4-6-15-5-2-3-11-18-15/h2-3,5,7-11H,4,6,12-13H2,1H3,(H,19,20). The van der Waals surface area contributed by atoms with Gasteiger partial charge in [0.1, 0.15) is 5.75 Å². The summed E-state index contributed by atoms with van der Waals surface area (Å²) in [6, 6.07) is 13.5. The summed E-state index contributed by atoms with van der Waals surface area (Å²) in [4.78, 5) is 15.9. The fraction of sp³-hybridized carbons (Fsp3) is 0.294. The largest absolute Gasteiger partial charge is 0.484 e. The van der Waals surface area contributed by atoms with Gasteiger partial charge < -0.3 is 10.1 Å². The summed E-state index contributed by atoms with van der Waals surface area (Å²) in [5.41, 5.74) is 2.21. The number of pyridine rings is 1. The maximum absolute atomic E-state index is 11.6. The summed E-state index contributed by atoms with van der Waals surface area (Å²) in [5.74, 6) is 0.612.